The lowest BCUT2D eigenvalue weighted by Crippen LogP contribution is -2.45. The standard InChI is InChI=1S/C18H28N4O2S2/c1-18(2,3)8-15(23)22-11-25-10-13(22)16(24)21-17-20-9-14(26-17)12-4-6-19-7-5-12/h9,12-13,19H,4-8,10-11H2,1-3H3,(H,20,21,24). The number of nitrogens with one attached hydrogen (secondary N) is 2. The molecule has 1 aromatic heterocycles. The Kier molecular flexibility index (Phi) is 6.25. The van der Waals surface area contributed by atoms with Gasteiger partial charge in [0.1, 0.15) is 6.04 Å². The molecule has 1 unspecified atom stereocenters. The van der Waals surface area contributed by atoms with E-state index in [0.29, 0.717) is 29.1 Å². The third-order valence-corrected chi connectivity index (χ3v) is 6.77. The van der Waals surface area contributed by atoms with Crippen molar-refractivity contribution in [2.75, 3.05) is 30.0 Å². The van der Waals surface area contributed by atoms with Crippen LogP contribution in [-0.2, 0) is 9.59 Å². The highest BCUT2D eigenvalue weighted by molar-refractivity contribution is 7.99. The summed E-state index contributed by atoms with van der Waals surface area (Å²) in [6.45, 7) is 8.20. The molecule has 3 heterocycles. The third-order valence-electron chi connectivity index (χ3n) is 4.68. The van der Waals surface area contributed by atoms with Gasteiger partial charge in [-0.15, -0.1) is 23.1 Å². The van der Waals surface area contributed by atoms with Crippen molar-refractivity contribution in [1.29, 1.82) is 0 Å². The smallest absolute Gasteiger partial charge is 0.249 e. The quantitative estimate of drug-likeness (QED) is 0.819. The lowest BCUT2D eigenvalue weighted by Gasteiger charge is -2.26. The second-order valence-electron chi connectivity index (χ2n) is 8.20. The van der Waals surface area contributed by atoms with E-state index in [1.165, 1.54) is 4.88 Å². The van der Waals surface area contributed by atoms with Crippen molar-refractivity contribution >= 4 is 40.0 Å². The molecule has 0 bridgehead atoms. The fourth-order valence-electron chi connectivity index (χ4n) is 3.29. The zero-order chi connectivity index (χ0) is 18.7. The van der Waals surface area contributed by atoms with Gasteiger partial charge in [-0.3, -0.25) is 9.59 Å². The molecule has 0 aliphatic carbocycles. The van der Waals surface area contributed by atoms with Crippen LogP contribution in [0.2, 0.25) is 0 Å². The van der Waals surface area contributed by atoms with Gasteiger partial charge in [-0.05, 0) is 37.3 Å². The van der Waals surface area contributed by atoms with Crippen molar-refractivity contribution in [3.63, 3.8) is 0 Å². The predicted molar refractivity (Wildman–Crippen MR) is 108 cm³/mol. The SMILES string of the molecule is CC(C)(C)CC(=O)N1CSCC1C(=O)Nc1ncc(C2CCNCC2)s1. The summed E-state index contributed by atoms with van der Waals surface area (Å²) < 4.78 is 0. The Hall–Kier alpha value is -1.12. The van der Waals surface area contributed by atoms with Gasteiger partial charge >= 0.3 is 0 Å². The average molecular weight is 397 g/mol. The second-order valence-corrected chi connectivity index (χ2v) is 10.3. The van der Waals surface area contributed by atoms with E-state index in [9.17, 15) is 9.59 Å². The van der Waals surface area contributed by atoms with Crippen molar-refractivity contribution in [2.45, 2.75) is 52.0 Å². The second kappa shape index (κ2) is 8.27. The monoisotopic (exact) mass is 396 g/mol. The maximum absolute atomic E-state index is 12.7. The number of piperidine rings is 1. The predicted octanol–water partition coefficient (Wildman–Crippen LogP) is 2.89. The highest BCUT2D eigenvalue weighted by atomic mass is 32.2. The Morgan fingerprint density at radius 3 is 2.77 bits per heavy atom. The van der Waals surface area contributed by atoms with Crippen LogP contribution in [0.5, 0.6) is 0 Å². The average Bonchev–Trinajstić information content (AvgIpc) is 3.23. The van der Waals surface area contributed by atoms with Gasteiger partial charge in [-0.25, -0.2) is 4.98 Å². The van der Waals surface area contributed by atoms with Crippen LogP contribution in [-0.4, -0.2) is 52.5 Å². The summed E-state index contributed by atoms with van der Waals surface area (Å²) in [7, 11) is 0. The molecule has 0 spiro atoms. The van der Waals surface area contributed by atoms with Crippen molar-refractivity contribution in [1.82, 2.24) is 15.2 Å². The van der Waals surface area contributed by atoms with E-state index in [1.807, 2.05) is 27.0 Å². The number of rotatable bonds is 4. The molecule has 2 amide bonds. The van der Waals surface area contributed by atoms with E-state index in [2.05, 4.69) is 15.6 Å². The van der Waals surface area contributed by atoms with Crippen molar-refractivity contribution in [3.8, 4) is 0 Å². The van der Waals surface area contributed by atoms with Crippen LogP contribution in [0, 0.1) is 5.41 Å². The molecule has 0 saturated carbocycles. The fourth-order valence-corrected chi connectivity index (χ4v) is 5.46. The number of nitrogens with zero attached hydrogens (tertiary/aromatic N) is 2. The van der Waals surface area contributed by atoms with Crippen molar-refractivity contribution in [2.24, 2.45) is 5.41 Å². The van der Waals surface area contributed by atoms with Crippen LogP contribution < -0.4 is 10.6 Å². The van der Waals surface area contributed by atoms with E-state index in [-0.39, 0.29) is 17.2 Å². The molecule has 6 nitrogen and oxygen atoms in total. The number of carbonyl (C=O) groups excluding carboxylic acids is 2. The molecule has 2 aliphatic heterocycles. The Labute approximate surface area is 163 Å². The minimum absolute atomic E-state index is 0.0529. The number of hydrogen-bond donors (Lipinski definition) is 2. The lowest BCUT2D eigenvalue weighted by molar-refractivity contribution is -0.137. The summed E-state index contributed by atoms with van der Waals surface area (Å²) >= 11 is 3.20. The Morgan fingerprint density at radius 2 is 2.08 bits per heavy atom. The molecule has 26 heavy (non-hydrogen) atoms. The van der Waals surface area contributed by atoms with Crippen LogP contribution in [0.1, 0.15) is 50.8 Å². The van der Waals surface area contributed by atoms with Crippen LogP contribution >= 0.6 is 23.1 Å². The van der Waals surface area contributed by atoms with E-state index < -0.39 is 6.04 Å². The first-order valence-corrected chi connectivity index (χ1v) is 11.1. The number of thioether (sulfide) groups is 1. The van der Waals surface area contributed by atoms with Crippen LogP contribution in [0.3, 0.4) is 0 Å². The van der Waals surface area contributed by atoms with Gasteiger partial charge in [0.05, 0.1) is 5.88 Å². The van der Waals surface area contributed by atoms with Gasteiger partial charge in [0, 0.05) is 23.2 Å². The highest BCUT2D eigenvalue weighted by Gasteiger charge is 2.36. The summed E-state index contributed by atoms with van der Waals surface area (Å²) in [5.41, 5.74) is -0.0789. The number of thiazole rings is 1. The maximum atomic E-state index is 12.7. The topological polar surface area (TPSA) is 74.3 Å². The summed E-state index contributed by atoms with van der Waals surface area (Å²) in [4.78, 5) is 32.6. The van der Waals surface area contributed by atoms with Crippen molar-refractivity contribution in [3.05, 3.63) is 11.1 Å². The van der Waals surface area contributed by atoms with Gasteiger partial charge < -0.3 is 15.5 Å². The summed E-state index contributed by atoms with van der Waals surface area (Å²) in [6, 6.07) is -0.402. The lowest BCUT2D eigenvalue weighted by atomic mass is 9.91. The van der Waals surface area contributed by atoms with Crippen LogP contribution in [0.25, 0.3) is 0 Å². The number of amides is 2. The van der Waals surface area contributed by atoms with E-state index in [0.717, 1.165) is 25.9 Å². The summed E-state index contributed by atoms with van der Waals surface area (Å²) in [6.07, 6.45) is 4.57. The Morgan fingerprint density at radius 1 is 1.35 bits per heavy atom. The number of carbonyl (C=O) groups is 2. The molecular formula is C18H28N4O2S2. The molecule has 1 aromatic rings. The molecule has 8 heteroatoms. The van der Waals surface area contributed by atoms with Gasteiger partial charge in [0.15, 0.2) is 5.13 Å². The number of hydrogen-bond acceptors (Lipinski definition) is 6. The normalized spacial score (nSPS) is 21.8. The van der Waals surface area contributed by atoms with Crippen molar-refractivity contribution < 1.29 is 9.59 Å². The maximum Gasteiger partial charge on any atom is 0.249 e. The van der Waals surface area contributed by atoms with E-state index in [1.54, 1.807) is 28.0 Å². The van der Waals surface area contributed by atoms with Gasteiger partial charge in [-0.1, -0.05) is 20.8 Å². The highest BCUT2D eigenvalue weighted by Crippen LogP contribution is 2.32. The first kappa shape index (κ1) is 19.6. The molecule has 2 aliphatic rings. The molecular weight excluding hydrogens is 368 g/mol. The van der Waals surface area contributed by atoms with Crippen LogP contribution in [0.15, 0.2) is 6.20 Å². The molecule has 2 N–H and O–H groups in total. The van der Waals surface area contributed by atoms with Crippen LogP contribution in [0.4, 0.5) is 5.13 Å². The summed E-state index contributed by atoms with van der Waals surface area (Å²) in [5.74, 6) is 1.70. The third kappa shape index (κ3) is 4.98. The first-order valence-electron chi connectivity index (χ1n) is 9.18. The molecule has 2 saturated heterocycles. The summed E-state index contributed by atoms with van der Waals surface area (Å²) in [5, 5.41) is 6.95. The molecule has 3 rings (SSSR count). The van der Waals surface area contributed by atoms with E-state index in [4.69, 9.17) is 0 Å². The minimum Gasteiger partial charge on any atom is -0.321 e. The molecule has 144 valence electrons. The largest absolute Gasteiger partial charge is 0.321 e. The molecule has 0 aromatic carbocycles. The van der Waals surface area contributed by atoms with Gasteiger partial charge in [0.25, 0.3) is 0 Å². The van der Waals surface area contributed by atoms with Gasteiger partial charge in [0.2, 0.25) is 11.8 Å². The first-order chi connectivity index (χ1) is 12.3. The Balaban J connectivity index is 1.60. The fraction of sp³-hybridized carbons (Fsp3) is 0.722. The molecule has 1 atom stereocenters. The zero-order valence-corrected chi connectivity index (χ0v) is 17.3. The minimum atomic E-state index is -0.402. The van der Waals surface area contributed by atoms with E-state index >= 15 is 0 Å². The number of anilines is 1. The Bertz CT molecular complexity index is 650. The molecule has 0 radical (unpaired) electrons. The number of aromatic nitrogens is 1. The molecule has 2 fully saturated rings. The zero-order valence-electron chi connectivity index (χ0n) is 15.7. The van der Waals surface area contributed by atoms with Gasteiger partial charge in [-0.2, -0.15) is 0 Å².